The first-order chi connectivity index (χ1) is 13.9. The van der Waals surface area contributed by atoms with Crippen molar-refractivity contribution in [2.24, 2.45) is 4.99 Å². The number of nitrogens with one attached hydrogen (secondary N) is 2. The largest absolute Gasteiger partial charge is 0.356 e. The number of sulfone groups is 1. The van der Waals surface area contributed by atoms with Crippen LogP contribution in [0.4, 0.5) is 0 Å². The number of rotatable bonds is 6. The van der Waals surface area contributed by atoms with Gasteiger partial charge in [-0.25, -0.2) is 8.42 Å². The van der Waals surface area contributed by atoms with Crippen LogP contribution in [0.2, 0.25) is 0 Å². The lowest BCUT2D eigenvalue weighted by Crippen LogP contribution is -2.37. The van der Waals surface area contributed by atoms with Gasteiger partial charge in [-0.3, -0.25) is 4.99 Å². The summed E-state index contributed by atoms with van der Waals surface area (Å²) in [7, 11) is -1.46. The van der Waals surface area contributed by atoms with Crippen LogP contribution in [-0.4, -0.2) is 34.2 Å². The van der Waals surface area contributed by atoms with Gasteiger partial charge in [0.25, 0.3) is 0 Å². The monoisotopic (exact) mass is 537 g/mol. The molecule has 0 bridgehead atoms. The number of guanidine groups is 1. The smallest absolute Gasteiger partial charge is 0.191 e. The molecule has 0 aliphatic heterocycles. The third-order valence-electron chi connectivity index (χ3n) is 4.89. The van der Waals surface area contributed by atoms with Gasteiger partial charge in [0.05, 0.1) is 4.90 Å². The molecule has 0 radical (unpaired) electrons. The van der Waals surface area contributed by atoms with Gasteiger partial charge in [-0.1, -0.05) is 54.6 Å². The van der Waals surface area contributed by atoms with E-state index in [1.54, 1.807) is 13.1 Å². The van der Waals surface area contributed by atoms with Crippen molar-refractivity contribution in [2.45, 2.75) is 24.8 Å². The summed E-state index contributed by atoms with van der Waals surface area (Å²) >= 11 is 0. The number of fused-ring (bicyclic) bond motifs is 1. The second-order valence-electron chi connectivity index (χ2n) is 7.11. The highest BCUT2D eigenvalue weighted by Gasteiger charge is 2.11. The van der Waals surface area contributed by atoms with Gasteiger partial charge in [0.1, 0.15) is 0 Å². The number of benzene rings is 3. The maximum atomic E-state index is 11.7. The van der Waals surface area contributed by atoms with Crippen LogP contribution in [0.3, 0.4) is 0 Å². The van der Waals surface area contributed by atoms with Crippen LogP contribution in [0.15, 0.2) is 70.6 Å². The SMILES string of the molecule is CN=C(NCCc1cccc2ccccc12)NCc1ccc(S(C)(=O)=O)c(C)c1.I. The Labute approximate surface area is 195 Å². The Balaban J connectivity index is 0.00000320. The standard InChI is InChI=1S/C23H27N3O2S.HI/c1-17-15-18(11-12-22(17)29(3,27)28)16-26-23(24-2)25-14-13-20-9-6-8-19-7-4-5-10-21(19)20;/h4-12,15H,13-14,16H2,1-3H3,(H2,24,25,26);1H. The molecule has 0 spiro atoms. The van der Waals surface area contributed by atoms with Gasteiger partial charge in [-0.15, -0.1) is 24.0 Å². The second kappa shape index (κ2) is 10.8. The van der Waals surface area contributed by atoms with Gasteiger partial charge in [-0.05, 0) is 46.9 Å². The molecule has 7 heteroatoms. The normalized spacial score (nSPS) is 11.8. The number of nitrogens with zero attached hydrogens (tertiary/aromatic N) is 1. The first-order valence-electron chi connectivity index (χ1n) is 9.59. The average Bonchev–Trinajstić information content (AvgIpc) is 2.69. The molecule has 0 aromatic heterocycles. The summed E-state index contributed by atoms with van der Waals surface area (Å²) < 4.78 is 23.5. The lowest BCUT2D eigenvalue weighted by Gasteiger charge is -2.13. The highest BCUT2D eigenvalue weighted by Crippen LogP contribution is 2.19. The molecule has 0 saturated carbocycles. The molecule has 0 heterocycles. The van der Waals surface area contributed by atoms with Crippen LogP contribution in [0.5, 0.6) is 0 Å². The molecule has 3 aromatic carbocycles. The van der Waals surface area contributed by atoms with Crippen molar-refractivity contribution < 1.29 is 8.42 Å². The Morgan fingerprint density at radius 3 is 2.43 bits per heavy atom. The topological polar surface area (TPSA) is 70.6 Å². The van der Waals surface area contributed by atoms with Gasteiger partial charge in [-0.2, -0.15) is 0 Å². The van der Waals surface area contributed by atoms with E-state index in [1.807, 2.05) is 19.1 Å². The minimum atomic E-state index is -3.20. The molecule has 0 amide bonds. The van der Waals surface area contributed by atoms with E-state index in [0.717, 1.165) is 30.1 Å². The van der Waals surface area contributed by atoms with E-state index in [9.17, 15) is 8.42 Å². The van der Waals surface area contributed by atoms with Gasteiger partial charge >= 0.3 is 0 Å². The molecular weight excluding hydrogens is 509 g/mol. The zero-order chi connectivity index (χ0) is 20.9. The summed E-state index contributed by atoms with van der Waals surface area (Å²) in [6.45, 7) is 3.15. The fourth-order valence-corrected chi connectivity index (χ4v) is 4.43. The van der Waals surface area contributed by atoms with Crippen molar-refractivity contribution in [1.82, 2.24) is 10.6 Å². The quantitative estimate of drug-likeness (QED) is 0.283. The van der Waals surface area contributed by atoms with E-state index in [1.165, 1.54) is 22.6 Å². The zero-order valence-electron chi connectivity index (χ0n) is 17.5. The van der Waals surface area contributed by atoms with Gasteiger partial charge in [0.15, 0.2) is 15.8 Å². The van der Waals surface area contributed by atoms with E-state index < -0.39 is 9.84 Å². The summed E-state index contributed by atoms with van der Waals surface area (Å²) in [5, 5.41) is 9.16. The predicted octanol–water partition coefficient (Wildman–Crippen LogP) is 4.08. The summed E-state index contributed by atoms with van der Waals surface area (Å²) in [4.78, 5) is 4.65. The predicted molar refractivity (Wildman–Crippen MR) is 136 cm³/mol. The van der Waals surface area contributed by atoms with E-state index in [2.05, 4.69) is 58.1 Å². The van der Waals surface area contributed by atoms with Crippen molar-refractivity contribution in [2.75, 3.05) is 19.8 Å². The van der Waals surface area contributed by atoms with Crippen molar-refractivity contribution in [1.29, 1.82) is 0 Å². The van der Waals surface area contributed by atoms with Crippen LogP contribution in [0.25, 0.3) is 10.8 Å². The van der Waals surface area contributed by atoms with Crippen molar-refractivity contribution in [3.05, 3.63) is 77.4 Å². The maximum Gasteiger partial charge on any atom is 0.191 e. The fraction of sp³-hybridized carbons (Fsp3) is 0.261. The highest BCUT2D eigenvalue weighted by molar-refractivity contribution is 14.0. The van der Waals surface area contributed by atoms with Crippen molar-refractivity contribution in [3.8, 4) is 0 Å². The first-order valence-corrected chi connectivity index (χ1v) is 11.5. The van der Waals surface area contributed by atoms with Crippen LogP contribution in [-0.2, 0) is 22.8 Å². The molecule has 3 aromatic rings. The number of hydrogen-bond acceptors (Lipinski definition) is 3. The third-order valence-corrected chi connectivity index (χ3v) is 6.15. The van der Waals surface area contributed by atoms with Crippen LogP contribution in [0.1, 0.15) is 16.7 Å². The van der Waals surface area contributed by atoms with Crippen molar-refractivity contribution in [3.63, 3.8) is 0 Å². The van der Waals surface area contributed by atoms with Crippen LogP contribution >= 0.6 is 24.0 Å². The third kappa shape index (κ3) is 6.18. The second-order valence-corrected chi connectivity index (χ2v) is 9.10. The molecule has 0 unspecified atom stereocenters. The summed E-state index contributed by atoms with van der Waals surface area (Å²) in [5.74, 6) is 0.718. The molecule has 0 atom stereocenters. The maximum absolute atomic E-state index is 11.7. The Hall–Kier alpha value is -2.13. The van der Waals surface area contributed by atoms with Gasteiger partial charge < -0.3 is 10.6 Å². The molecule has 160 valence electrons. The molecule has 0 saturated heterocycles. The van der Waals surface area contributed by atoms with Crippen molar-refractivity contribution >= 4 is 50.5 Å². The molecule has 0 aliphatic carbocycles. The van der Waals surface area contributed by atoms with Crippen LogP contribution in [0, 0.1) is 6.92 Å². The molecule has 3 rings (SSSR count). The zero-order valence-corrected chi connectivity index (χ0v) is 20.6. The van der Waals surface area contributed by atoms with E-state index in [0.29, 0.717) is 11.4 Å². The summed E-state index contributed by atoms with van der Waals surface area (Å²) in [5.41, 5.74) is 3.07. The fourth-order valence-electron chi connectivity index (χ4n) is 3.47. The molecule has 30 heavy (non-hydrogen) atoms. The van der Waals surface area contributed by atoms with Gasteiger partial charge in [0.2, 0.25) is 0 Å². The van der Waals surface area contributed by atoms with Gasteiger partial charge in [0, 0.05) is 26.4 Å². The van der Waals surface area contributed by atoms with E-state index in [4.69, 9.17) is 0 Å². The Kier molecular flexibility index (Phi) is 8.66. The Bertz CT molecular complexity index is 1140. The molecule has 5 nitrogen and oxygen atoms in total. The Morgan fingerprint density at radius 1 is 1.00 bits per heavy atom. The van der Waals surface area contributed by atoms with Crippen LogP contribution < -0.4 is 10.6 Å². The number of aliphatic imine (C=N–C) groups is 1. The highest BCUT2D eigenvalue weighted by atomic mass is 127. The molecular formula is C23H28IN3O2S. The minimum absolute atomic E-state index is 0. The molecule has 0 aliphatic rings. The summed E-state index contributed by atoms with van der Waals surface area (Å²) in [6.07, 6.45) is 2.12. The average molecular weight is 537 g/mol. The lowest BCUT2D eigenvalue weighted by atomic mass is 10.0. The number of aryl methyl sites for hydroxylation is 1. The minimum Gasteiger partial charge on any atom is -0.356 e. The van der Waals surface area contributed by atoms with E-state index >= 15 is 0 Å². The first kappa shape index (κ1) is 24.1. The molecule has 0 fully saturated rings. The molecule has 2 N–H and O–H groups in total. The Morgan fingerprint density at radius 2 is 1.73 bits per heavy atom. The number of halogens is 1. The lowest BCUT2D eigenvalue weighted by molar-refractivity contribution is 0.601. The number of hydrogen-bond donors (Lipinski definition) is 2. The summed E-state index contributed by atoms with van der Waals surface area (Å²) in [6, 6.07) is 20.2. The van der Waals surface area contributed by atoms with E-state index in [-0.39, 0.29) is 24.0 Å².